The van der Waals surface area contributed by atoms with Crippen LogP contribution in [0.2, 0.25) is 0 Å². The Morgan fingerprint density at radius 2 is 1.86 bits per heavy atom. The Kier molecular flexibility index (Phi) is 8.88. The molecule has 0 aromatic heterocycles. The van der Waals surface area contributed by atoms with Crippen molar-refractivity contribution in [2.75, 3.05) is 26.4 Å². The second kappa shape index (κ2) is 10.9. The normalized spacial score (nSPS) is 10.1. The average molecular weight is 293 g/mol. The quantitative estimate of drug-likeness (QED) is 0.527. The van der Waals surface area contributed by atoms with Gasteiger partial charge in [-0.3, -0.25) is 9.59 Å². The molecule has 5 nitrogen and oxygen atoms in total. The first-order chi connectivity index (χ1) is 10.2. The summed E-state index contributed by atoms with van der Waals surface area (Å²) in [4.78, 5) is 23.0. The van der Waals surface area contributed by atoms with E-state index in [0.717, 1.165) is 18.4 Å². The second-order valence-corrected chi connectivity index (χ2v) is 4.63. The Morgan fingerprint density at radius 3 is 2.57 bits per heavy atom. The monoisotopic (exact) mass is 293 g/mol. The van der Waals surface area contributed by atoms with Crippen molar-refractivity contribution in [1.82, 2.24) is 5.32 Å². The maximum atomic E-state index is 11.6. The molecule has 0 atom stereocenters. The Morgan fingerprint density at radius 1 is 1.10 bits per heavy atom. The lowest BCUT2D eigenvalue weighted by molar-refractivity contribution is -0.145. The number of amides is 1. The van der Waals surface area contributed by atoms with Crippen LogP contribution in [0.25, 0.3) is 0 Å². The summed E-state index contributed by atoms with van der Waals surface area (Å²) in [6.45, 7) is 3.27. The molecule has 5 heteroatoms. The molecule has 116 valence electrons. The lowest BCUT2D eigenvalue weighted by Crippen LogP contribution is -2.32. The van der Waals surface area contributed by atoms with Gasteiger partial charge in [-0.1, -0.05) is 43.7 Å². The van der Waals surface area contributed by atoms with Crippen molar-refractivity contribution in [3.8, 4) is 0 Å². The standard InChI is InChI=1S/C16H23NO4/c1-2-3-9-20-10-11-21-16(19)13-17-15(18)12-14-7-5-4-6-8-14/h4-8H,2-3,9-13H2,1H3,(H,17,18). The maximum absolute atomic E-state index is 11.6. The van der Waals surface area contributed by atoms with Gasteiger partial charge in [-0.05, 0) is 12.0 Å². The predicted octanol–water partition coefficient (Wildman–Crippen LogP) is 1.71. The van der Waals surface area contributed by atoms with Crippen molar-refractivity contribution in [3.05, 3.63) is 35.9 Å². The van der Waals surface area contributed by atoms with Crippen LogP contribution >= 0.6 is 0 Å². The molecule has 0 bridgehead atoms. The molecule has 0 saturated carbocycles. The van der Waals surface area contributed by atoms with Crippen LogP contribution in [0, 0.1) is 0 Å². The minimum Gasteiger partial charge on any atom is -0.462 e. The van der Waals surface area contributed by atoms with E-state index in [1.807, 2.05) is 30.3 Å². The zero-order valence-corrected chi connectivity index (χ0v) is 12.5. The largest absolute Gasteiger partial charge is 0.462 e. The van der Waals surface area contributed by atoms with E-state index >= 15 is 0 Å². The molecule has 0 heterocycles. The van der Waals surface area contributed by atoms with Crippen molar-refractivity contribution in [2.24, 2.45) is 0 Å². The molecule has 1 rings (SSSR count). The maximum Gasteiger partial charge on any atom is 0.325 e. The lowest BCUT2D eigenvalue weighted by Gasteiger charge is -2.07. The number of rotatable bonds is 10. The molecule has 0 saturated heterocycles. The van der Waals surface area contributed by atoms with Crippen molar-refractivity contribution in [2.45, 2.75) is 26.2 Å². The van der Waals surface area contributed by atoms with Gasteiger partial charge in [-0.2, -0.15) is 0 Å². The van der Waals surface area contributed by atoms with Gasteiger partial charge in [-0.15, -0.1) is 0 Å². The molecule has 1 amide bonds. The van der Waals surface area contributed by atoms with Crippen LogP contribution in [-0.2, 0) is 25.5 Å². The average Bonchev–Trinajstić information content (AvgIpc) is 2.50. The van der Waals surface area contributed by atoms with Crippen LogP contribution in [0.1, 0.15) is 25.3 Å². The molecule has 0 aliphatic rings. The third-order valence-corrected chi connectivity index (χ3v) is 2.77. The van der Waals surface area contributed by atoms with Gasteiger partial charge >= 0.3 is 5.97 Å². The van der Waals surface area contributed by atoms with E-state index in [0.29, 0.717) is 13.2 Å². The molecule has 0 aliphatic carbocycles. The Hall–Kier alpha value is -1.88. The molecular weight excluding hydrogens is 270 g/mol. The summed E-state index contributed by atoms with van der Waals surface area (Å²) in [7, 11) is 0. The number of carbonyl (C=O) groups is 2. The highest BCUT2D eigenvalue weighted by Gasteiger charge is 2.07. The van der Waals surface area contributed by atoms with E-state index in [-0.39, 0.29) is 25.5 Å². The SMILES string of the molecule is CCCCOCCOC(=O)CNC(=O)Cc1ccccc1. The number of benzene rings is 1. The third kappa shape index (κ3) is 8.81. The summed E-state index contributed by atoms with van der Waals surface area (Å²) in [5.41, 5.74) is 0.910. The first kappa shape index (κ1) is 17.2. The van der Waals surface area contributed by atoms with Gasteiger partial charge in [0.05, 0.1) is 13.0 Å². The summed E-state index contributed by atoms with van der Waals surface area (Å²) in [6.07, 6.45) is 2.34. The van der Waals surface area contributed by atoms with Gasteiger partial charge in [0.25, 0.3) is 0 Å². The molecule has 21 heavy (non-hydrogen) atoms. The summed E-state index contributed by atoms with van der Waals surface area (Å²) < 4.78 is 10.2. The van der Waals surface area contributed by atoms with Gasteiger partial charge in [0, 0.05) is 6.61 Å². The van der Waals surface area contributed by atoms with Crippen molar-refractivity contribution in [1.29, 1.82) is 0 Å². The van der Waals surface area contributed by atoms with Crippen molar-refractivity contribution >= 4 is 11.9 Å². The van der Waals surface area contributed by atoms with Gasteiger partial charge in [0.15, 0.2) is 0 Å². The van der Waals surface area contributed by atoms with E-state index in [9.17, 15) is 9.59 Å². The van der Waals surface area contributed by atoms with Crippen molar-refractivity contribution in [3.63, 3.8) is 0 Å². The number of hydrogen-bond donors (Lipinski definition) is 1. The van der Waals surface area contributed by atoms with Gasteiger partial charge in [-0.25, -0.2) is 0 Å². The zero-order valence-electron chi connectivity index (χ0n) is 12.5. The van der Waals surface area contributed by atoms with Crippen LogP contribution in [-0.4, -0.2) is 38.2 Å². The summed E-state index contributed by atoms with van der Waals surface area (Å²) in [6, 6.07) is 9.36. The molecule has 1 N–H and O–H groups in total. The summed E-state index contributed by atoms with van der Waals surface area (Å²) in [5, 5.41) is 2.54. The highest BCUT2D eigenvalue weighted by atomic mass is 16.6. The minimum absolute atomic E-state index is 0.110. The van der Waals surface area contributed by atoms with E-state index in [2.05, 4.69) is 12.2 Å². The number of unbranched alkanes of at least 4 members (excludes halogenated alkanes) is 1. The molecule has 0 spiro atoms. The molecule has 0 unspecified atom stereocenters. The van der Waals surface area contributed by atoms with Gasteiger partial charge < -0.3 is 14.8 Å². The van der Waals surface area contributed by atoms with Gasteiger partial charge in [0.2, 0.25) is 5.91 Å². The molecule has 0 aliphatic heterocycles. The number of ether oxygens (including phenoxy) is 2. The van der Waals surface area contributed by atoms with Crippen LogP contribution < -0.4 is 5.32 Å². The lowest BCUT2D eigenvalue weighted by atomic mass is 10.1. The number of esters is 1. The van der Waals surface area contributed by atoms with Crippen molar-refractivity contribution < 1.29 is 19.1 Å². The molecule has 0 radical (unpaired) electrons. The minimum atomic E-state index is -0.449. The first-order valence-electron chi connectivity index (χ1n) is 7.26. The topological polar surface area (TPSA) is 64.6 Å². The fourth-order valence-corrected chi connectivity index (χ4v) is 1.63. The Bertz CT molecular complexity index is 420. The number of hydrogen-bond acceptors (Lipinski definition) is 4. The molecule has 1 aromatic rings. The second-order valence-electron chi connectivity index (χ2n) is 4.63. The van der Waals surface area contributed by atoms with E-state index < -0.39 is 5.97 Å². The van der Waals surface area contributed by atoms with Crippen LogP contribution in [0.15, 0.2) is 30.3 Å². The molecule has 1 aromatic carbocycles. The van der Waals surface area contributed by atoms with Crippen LogP contribution in [0.5, 0.6) is 0 Å². The zero-order chi connectivity index (χ0) is 15.3. The van der Waals surface area contributed by atoms with E-state index in [1.165, 1.54) is 0 Å². The van der Waals surface area contributed by atoms with Gasteiger partial charge in [0.1, 0.15) is 13.2 Å². The first-order valence-corrected chi connectivity index (χ1v) is 7.26. The number of nitrogens with one attached hydrogen (secondary N) is 1. The highest BCUT2D eigenvalue weighted by Crippen LogP contribution is 1.98. The number of carbonyl (C=O) groups excluding carboxylic acids is 2. The summed E-state index contributed by atoms with van der Waals surface area (Å²) >= 11 is 0. The van der Waals surface area contributed by atoms with E-state index in [4.69, 9.17) is 9.47 Å². The van der Waals surface area contributed by atoms with Crippen LogP contribution in [0.4, 0.5) is 0 Å². The fourth-order valence-electron chi connectivity index (χ4n) is 1.63. The Balaban J connectivity index is 2.05. The molecular formula is C16H23NO4. The smallest absolute Gasteiger partial charge is 0.325 e. The predicted molar refractivity (Wildman–Crippen MR) is 79.8 cm³/mol. The third-order valence-electron chi connectivity index (χ3n) is 2.77. The van der Waals surface area contributed by atoms with Crippen LogP contribution in [0.3, 0.4) is 0 Å². The van der Waals surface area contributed by atoms with E-state index in [1.54, 1.807) is 0 Å². The molecule has 0 fully saturated rings. The Labute approximate surface area is 125 Å². The summed E-state index contributed by atoms with van der Waals surface area (Å²) in [5.74, 6) is -0.646. The highest BCUT2D eigenvalue weighted by molar-refractivity contribution is 5.83. The fraction of sp³-hybridized carbons (Fsp3) is 0.500.